The third kappa shape index (κ3) is 2.73. The van der Waals surface area contributed by atoms with Crippen molar-refractivity contribution in [1.29, 1.82) is 0 Å². The van der Waals surface area contributed by atoms with E-state index in [1.807, 2.05) is 12.1 Å². The number of rotatable bonds is 0. The molecule has 1 aromatic carbocycles. The summed E-state index contributed by atoms with van der Waals surface area (Å²) in [5, 5.41) is 0. The molecule has 0 aliphatic carbocycles. The van der Waals surface area contributed by atoms with Crippen molar-refractivity contribution >= 4 is 26.2 Å². The molecule has 3 radical (unpaired) electrons. The van der Waals surface area contributed by atoms with Crippen LogP contribution in [0.2, 0.25) is 0 Å². The van der Waals surface area contributed by atoms with E-state index in [0.717, 1.165) is 18.8 Å². The van der Waals surface area contributed by atoms with Gasteiger partial charge in [0.15, 0.2) is 0 Å². The van der Waals surface area contributed by atoms with Gasteiger partial charge in [-0.1, -0.05) is 18.2 Å². The van der Waals surface area contributed by atoms with E-state index in [4.69, 9.17) is 4.74 Å². The van der Waals surface area contributed by atoms with Gasteiger partial charge >= 0.3 is 0 Å². The van der Waals surface area contributed by atoms with Crippen LogP contribution in [0.1, 0.15) is 12.0 Å². The fourth-order valence-electron chi connectivity index (χ4n) is 1.30. The number of para-hydroxylation sites is 1. The van der Waals surface area contributed by atoms with Gasteiger partial charge in [-0.15, -0.1) is 0 Å². The predicted octanol–water partition coefficient (Wildman–Crippen LogP) is 1.63. The predicted molar refractivity (Wildman–Crippen MR) is 46.0 cm³/mol. The van der Waals surface area contributed by atoms with Crippen molar-refractivity contribution in [3.8, 4) is 5.75 Å². The molecule has 0 bridgehead atoms. The van der Waals surface area contributed by atoms with Crippen LogP contribution in [0.5, 0.6) is 5.75 Å². The average molecular weight is 399 g/mol. The summed E-state index contributed by atoms with van der Waals surface area (Å²) in [4.78, 5) is 0. The van der Waals surface area contributed by atoms with Crippen LogP contribution in [-0.4, -0.2) is 32.8 Å². The fourth-order valence-corrected chi connectivity index (χ4v) is 1.30. The molecular formula is C9H10BiFeO. The first-order valence-electron chi connectivity index (χ1n) is 3.67. The second-order valence-electron chi connectivity index (χ2n) is 2.56. The van der Waals surface area contributed by atoms with Crippen molar-refractivity contribution in [3.05, 3.63) is 29.8 Å². The van der Waals surface area contributed by atoms with Gasteiger partial charge < -0.3 is 4.74 Å². The van der Waals surface area contributed by atoms with E-state index in [1.54, 1.807) is 0 Å². The van der Waals surface area contributed by atoms with Gasteiger partial charge in [-0.3, -0.25) is 0 Å². The van der Waals surface area contributed by atoms with Gasteiger partial charge in [0.2, 0.25) is 0 Å². The maximum atomic E-state index is 5.42. The Morgan fingerprint density at radius 1 is 1.17 bits per heavy atom. The Morgan fingerprint density at radius 2 is 1.92 bits per heavy atom. The Bertz CT molecular complexity index is 215. The number of hydrogen-bond donors (Lipinski definition) is 0. The smallest absolute Gasteiger partial charge is 0.122 e. The van der Waals surface area contributed by atoms with Gasteiger partial charge in [-0.2, -0.15) is 0 Å². The molecular weight excluding hydrogens is 389 g/mol. The van der Waals surface area contributed by atoms with E-state index < -0.39 is 0 Å². The van der Waals surface area contributed by atoms with Crippen LogP contribution < -0.4 is 4.74 Å². The van der Waals surface area contributed by atoms with Crippen LogP contribution in [0.25, 0.3) is 0 Å². The molecule has 0 saturated carbocycles. The van der Waals surface area contributed by atoms with E-state index in [0.29, 0.717) is 0 Å². The molecule has 12 heavy (non-hydrogen) atoms. The average Bonchev–Trinajstić information content (AvgIpc) is 2.05. The number of fused-ring (bicyclic) bond motifs is 1. The van der Waals surface area contributed by atoms with Crippen molar-refractivity contribution in [2.45, 2.75) is 12.8 Å². The van der Waals surface area contributed by atoms with Crippen molar-refractivity contribution in [3.63, 3.8) is 0 Å². The standard InChI is InChI=1S/C9H10O.Bi.Fe/c1-2-6-9-8(4-1)5-3-7-10-9;;/h1-2,4,6H,3,5,7H2;;. The maximum absolute atomic E-state index is 5.42. The van der Waals surface area contributed by atoms with E-state index in [-0.39, 0.29) is 43.3 Å². The molecule has 1 aliphatic rings. The number of benzene rings is 1. The molecule has 0 fully saturated rings. The van der Waals surface area contributed by atoms with Crippen LogP contribution in [0.4, 0.5) is 0 Å². The van der Waals surface area contributed by atoms with Crippen molar-refractivity contribution in [2.24, 2.45) is 0 Å². The summed E-state index contributed by atoms with van der Waals surface area (Å²) in [7, 11) is 0. The summed E-state index contributed by atoms with van der Waals surface area (Å²) in [5.74, 6) is 1.08. The third-order valence-electron chi connectivity index (χ3n) is 1.82. The SMILES string of the molecule is [Bi].[Fe].c1ccc2c(c1)CCCO2. The first-order chi connectivity index (χ1) is 4.97. The summed E-state index contributed by atoms with van der Waals surface area (Å²) in [6, 6.07) is 8.25. The second-order valence-corrected chi connectivity index (χ2v) is 2.56. The molecule has 1 heterocycles. The maximum Gasteiger partial charge on any atom is 0.122 e. The Kier molecular flexibility index (Phi) is 6.18. The molecule has 0 unspecified atom stereocenters. The molecule has 3 heteroatoms. The first kappa shape index (κ1) is 12.4. The zero-order valence-electron chi connectivity index (χ0n) is 6.64. The normalized spacial score (nSPS) is 13.0. The molecule has 0 atom stereocenters. The molecule has 2 rings (SSSR count). The van der Waals surface area contributed by atoms with Crippen LogP contribution in [0, 0.1) is 0 Å². The minimum Gasteiger partial charge on any atom is -0.493 e. The van der Waals surface area contributed by atoms with Gasteiger partial charge in [0, 0.05) is 43.3 Å². The Morgan fingerprint density at radius 3 is 2.67 bits per heavy atom. The van der Waals surface area contributed by atoms with E-state index >= 15 is 0 Å². The number of ether oxygens (including phenoxy) is 1. The van der Waals surface area contributed by atoms with Gasteiger partial charge in [0.1, 0.15) is 5.75 Å². The number of aryl methyl sites for hydroxylation is 1. The number of hydrogen-bond acceptors (Lipinski definition) is 1. The quantitative estimate of drug-likeness (QED) is 0.603. The minimum absolute atomic E-state index is 0. The summed E-state index contributed by atoms with van der Waals surface area (Å²) in [6.45, 7) is 0.886. The molecule has 0 saturated heterocycles. The fraction of sp³-hybridized carbons (Fsp3) is 0.333. The molecule has 1 nitrogen and oxygen atoms in total. The zero-order chi connectivity index (χ0) is 6.81. The summed E-state index contributed by atoms with van der Waals surface area (Å²) < 4.78 is 5.42. The molecule has 65 valence electrons. The van der Waals surface area contributed by atoms with E-state index in [9.17, 15) is 0 Å². The van der Waals surface area contributed by atoms with Crippen molar-refractivity contribution in [1.82, 2.24) is 0 Å². The van der Waals surface area contributed by atoms with Crippen LogP contribution >= 0.6 is 0 Å². The van der Waals surface area contributed by atoms with Crippen LogP contribution in [0.15, 0.2) is 24.3 Å². The molecule has 0 aromatic heterocycles. The van der Waals surface area contributed by atoms with Crippen LogP contribution in [-0.2, 0) is 23.5 Å². The first-order valence-corrected chi connectivity index (χ1v) is 3.67. The second kappa shape index (κ2) is 5.97. The van der Waals surface area contributed by atoms with Gasteiger partial charge in [0.25, 0.3) is 0 Å². The van der Waals surface area contributed by atoms with Crippen molar-refractivity contribution < 1.29 is 21.8 Å². The molecule has 1 aromatic rings. The van der Waals surface area contributed by atoms with Gasteiger partial charge in [0.05, 0.1) is 6.61 Å². The monoisotopic (exact) mass is 399 g/mol. The van der Waals surface area contributed by atoms with Gasteiger partial charge in [-0.05, 0) is 24.5 Å². The summed E-state index contributed by atoms with van der Waals surface area (Å²) >= 11 is 0. The Labute approximate surface area is 102 Å². The molecule has 0 spiro atoms. The minimum atomic E-state index is 0. The Balaban J connectivity index is 0.000000605. The van der Waals surface area contributed by atoms with Gasteiger partial charge in [-0.25, -0.2) is 0 Å². The molecule has 0 amide bonds. The topological polar surface area (TPSA) is 9.23 Å². The molecule has 1 aliphatic heterocycles. The van der Waals surface area contributed by atoms with E-state index in [2.05, 4.69) is 12.1 Å². The largest absolute Gasteiger partial charge is 0.493 e. The van der Waals surface area contributed by atoms with Crippen LogP contribution in [0.3, 0.4) is 0 Å². The third-order valence-corrected chi connectivity index (χ3v) is 1.82. The Hall–Kier alpha value is 0.423. The summed E-state index contributed by atoms with van der Waals surface area (Å²) in [5.41, 5.74) is 1.36. The molecule has 0 N–H and O–H groups in total. The summed E-state index contributed by atoms with van der Waals surface area (Å²) in [6.07, 6.45) is 2.34. The van der Waals surface area contributed by atoms with E-state index in [1.165, 1.54) is 12.0 Å². The zero-order valence-corrected chi connectivity index (χ0v) is 11.2. The van der Waals surface area contributed by atoms with Crippen molar-refractivity contribution in [2.75, 3.05) is 6.61 Å².